The fraction of sp³-hybridized carbons (Fsp3) is 0.0909. The Hall–Kier alpha value is -4.00. The minimum atomic E-state index is -0.587. The molecule has 0 unspecified atom stereocenters. The molecule has 1 amide bonds. The van der Waals surface area contributed by atoms with E-state index in [-0.39, 0.29) is 0 Å². The summed E-state index contributed by atoms with van der Waals surface area (Å²) >= 11 is 0. The number of imidazole rings is 1. The van der Waals surface area contributed by atoms with Gasteiger partial charge >= 0.3 is 5.97 Å². The van der Waals surface area contributed by atoms with Crippen molar-refractivity contribution in [2.75, 3.05) is 11.9 Å². The summed E-state index contributed by atoms with van der Waals surface area (Å²) < 4.78 is 5.13. The molecule has 0 saturated carbocycles. The van der Waals surface area contributed by atoms with Gasteiger partial charge < -0.3 is 15.0 Å². The summed E-state index contributed by atoms with van der Waals surface area (Å²) in [5.74, 6) is 0.127. The molecule has 0 atom stereocenters. The second-order valence-corrected chi connectivity index (χ2v) is 6.48. The number of anilines is 1. The number of amides is 1. The molecule has 0 saturated heterocycles. The van der Waals surface area contributed by atoms with E-state index >= 15 is 0 Å². The lowest BCUT2D eigenvalue weighted by molar-refractivity contribution is -0.119. The summed E-state index contributed by atoms with van der Waals surface area (Å²) in [5, 5.41) is 2.62. The third-order valence-electron chi connectivity index (χ3n) is 4.37. The van der Waals surface area contributed by atoms with E-state index in [4.69, 9.17) is 4.74 Å². The molecular formula is C22H18N4O3. The van der Waals surface area contributed by atoms with Crippen LogP contribution in [0.1, 0.15) is 15.9 Å². The predicted octanol–water partition coefficient (Wildman–Crippen LogP) is 3.73. The number of aryl methyl sites for hydroxylation is 1. The van der Waals surface area contributed by atoms with E-state index in [0.717, 1.165) is 22.5 Å². The average Bonchev–Trinajstić information content (AvgIpc) is 3.18. The number of nitrogens with zero attached hydrogens (tertiary/aromatic N) is 2. The molecule has 0 aliphatic heterocycles. The highest BCUT2D eigenvalue weighted by Gasteiger charge is 2.13. The molecule has 2 heterocycles. The van der Waals surface area contributed by atoms with Crippen LogP contribution in [0.5, 0.6) is 0 Å². The van der Waals surface area contributed by atoms with Crippen molar-refractivity contribution >= 4 is 28.7 Å². The molecule has 7 nitrogen and oxygen atoms in total. The highest BCUT2D eigenvalue weighted by Crippen LogP contribution is 2.21. The first-order chi connectivity index (χ1) is 14.1. The van der Waals surface area contributed by atoms with E-state index in [2.05, 4.69) is 20.3 Å². The quantitative estimate of drug-likeness (QED) is 0.510. The Balaban J connectivity index is 1.43. The fourth-order valence-electron chi connectivity index (χ4n) is 2.87. The number of hydrogen-bond acceptors (Lipinski definition) is 5. The molecule has 4 rings (SSSR count). The molecular weight excluding hydrogens is 368 g/mol. The van der Waals surface area contributed by atoms with Crippen molar-refractivity contribution in [2.24, 2.45) is 0 Å². The van der Waals surface area contributed by atoms with E-state index in [0.29, 0.717) is 16.9 Å². The topological polar surface area (TPSA) is 97.0 Å². The van der Waals surface area contributed by atoms with Crippen LogP contribution >= 0.6 is 0 Å². The minimum absolute atomic E-state index is 0.336. The number of hydrogen-bond donors (Lipinski definition) is 2. The molecule has 144 valence electrons. The molecule has 4 aromatic rings. The summed E-state index contributed by atoms with van der Waals surface area (Å²) in [4.78, 5) is 36.2. The van der Waals surface area contributed by atoms with Crippen LogP contribution in [-0.4, -0.2) is 33.4 Å². The number of carbonyl (C=O) groups is 2. The van der Waals surface area contributed by atoms with Gasteiger partial charge in [0.1, 0.15) is 11.6 Å². The maximum absolute atomic E-state index is 12.3. The molecule has 0 radical (unpaired) electrons. The average molecular weight is 386 g/mol. The van der Waals surface area contributed by atoms with Crippen molar-refractivity contribution in [1.29, 1.82) is 0 Å². The Kier molecular flexibility index (Phi) is 5.03. The summed E-state index contributed by atoms with van der Waals surface area (Å²) in [7, 11) is 0. The predicted molar refractivity (Wildman–Crippen MR) is 109 cm³/mol. The Morgan fingerprint density at radius 3 is 2.69 bits per heavy atom. The van der Waals surface area contributed by atoms with Gasteiger partial charge in [-0.1, -0.05) is 36.4 Å². The van der Waals surface area contributed by atoms with Gasteiger partial charge in [-0.05, 0) is 36.8 Å². The number of rotatable bonds is 5. The van der Waals surface area contributed by atoms with Crippen molar-refractivity contribution in [3.63, 3.8) is 0 Å². The zero-order valence-electron chi connectivity index (χ0n) is 15.7. The molecule has 0 bridgehead atoms. The van der Waals surface area contributed by atoms with Crippen LogP contribution in [0.3, 0.4) is 0 Å². The zero-order valence-corrected chi connectivity index (χ0v) is 15.7. The molecule has 2 N–H and O–H groups in total. The van der Waals surface area contributed by atoms with Crippen molar-refractivity contribution in [1.82, 2.24) is 15.0 Å². The van der Waals surface area contributed by atoms with Crippen molar-refractivity contribution in [2.45, 2.75) is 6.92 Å². The molecule has 29 heavy (non-hydrogen) atoms. The normalized spacial score (nSPS) is 10.7. The first kappa shape index (κ1) is 18.4. The SMILES string of the molecule is Cc1cccnc1NC(=O)COC(=O)c1ccc2nc(-c3ccccc3)[nH]c2c1. The number of carbonyl (C=O) groups excluding carboxylic acids is 2. The lowest BCUT2D eigenvalue weighted by Crippen LogP contribution is -2.21. The van der Waals surface area contributed by atoms with E-state index < -0.39 is 18.5 Å². The highest BCUT2D eigenvalue weighted by molar-refractivity contribution is 5.97. The number of aromatic amines is 1. The first-order valence-electron chi connectivity index (χ1n) is 9.04. The zero-order chi connectivity index (χ0) is 20.2. The van der Waals surface area contributed by atoms with Gasteiger partial charge in [0, 0.05) is 11.8 Å². The van der Waals surface area contributed by atoms with Gasteiger partial charge in [-0.15, -0.1) is 0 Å². The summed E-state index contributed by atoms with van der Waals surface area (Å²) in [6, 6.07) is 18.4. The number of H-pyrrole nitrogens is 1. The Morgan fingerprint density at radius 1 is 1.07 bits per heavy atom. The fourth-order valence-corrected chi connectivity index (χ4v) is 2.87. The summed E-state index contributed by atoms with van der Waals surface area (Å²) in [6.07, 6.45) is 1.58. The van der Waals surface area contributed by atoms with Gasteiger partial charge in [0.05, 0.1) is 16.6 Å². The lowest BCUT2D eigenvalue weighted by atomic mass is 10.2. The van der Waals surface area contributed by atoms with Gasteiger partial charge in [0.25, 0.3) is 5.91 Å². The van der Waals surface area contributed by atoms with Crippen LogP contribution in [0.4, 0.5) is 5.82 Å². The van der Waals surface area contributed by atoms with Crippen LogP contribution in [0.15, 0.2) is 66.9 Å². The van der Waals surface area contributed by atoms with E-state index in [1.807, 2.05) is 43.3 Å². The van der Waals surface area contributed by atoms with E-state index in [1.165, 1.54) is 0 Å². The second-order valence-electron chi connectivity index (χ2n) is 6.48. The number of fused-ring (bicyclic) bond motifs is 1. The van der Waals surface area contributed by atoms with E-state index in [1.54, 1.807) is 30.5 Å². The van der Waals surface area contributed by atoms with Crippen LogP contribution < -0.4 is 5.32 Å². The molecule has 0 spiro atoms. The Bertz CT molecular complexity index is 1190. The number of ether oxygens (including phenoxy) is 1. The highest BCUT2D eigenvalue weighted by atomic mass is 16.5. The monoisotopic (exact) mass is 386 g/mol. The van der Waals surface area contributed by atoms with Crippen LogP contribution in [-0.2, 0) is 9.53 Å². The van der Waals surface area contributed by atoms with Crippen LogP contribution in [0.25, 0.3) is 22.4 Å². The van der Waals surface area contributed by atoms with Gasteiger partial charge in [0.2, 0.25) is 0 Å². The molecule has 2 aromatic carbocycles. The summed E-state index contributed by atoms with van der Waals surface area (Å²) in [6.45, 7) is 1.43. The van der Waals surface area contributed by atoms with Crippen molar-refractivity contribution in [3.05, 3.63) is 78.0 Å². The third kappa shape index (κ3) is 4.14. The van der Waals surface area contributed by atoms with Gasteiger partial charge in [-0.2, -0.15) is 0 Å². The minimum Gasteiger partial charge on any atom is -0.452 e. The van der Waals surface area contributed by atoms with Crippen LogP contribution in [0.2, 0.25) is 0 Å². The van der Waals surface area contributed by atoms with Crippen molar-refractivity contribution in [3.8, 4) is 11.4 Å². The maximum Gasteiger partial charge on any atom is 0.338 e. The maximum atomic E-state index is 12.3. The molecule has 0 aliphatic carbocycles. The van der Waals surface area contributed by atoms with Gasteiger partial charge in [-0.3, -0.25) is 4.79 Å². The Labute approximate surface area is 166 Å². The van der Waals surface area contributed by atoms with E-state index in [9.17, 15) is 9.59 Å². The Morgan fingerprint density at radius 2 is 1.90 bits per heavy atom. The van der Waals surface area contributed by atoms with Crippen molar-refractivity contribution < 1.29 is 14.3 Å². The largest absolute Gasteiger partial charge is 0.452 e. The molecule has 7 heteroatoms. The second kappa shape index (κ2) is 7.93. The standard InChI is InChI=1S/C22H18N4O3/c1-14-6-5-11-23-20(14)26-19(27)13-29-22(28)16-9-10-17-18(12-16)25-21(24-17)15-7-3-2-4-8-15/h2-12H,13H2,1H3,(H,24,25)(H,23,26,27). The lowest BCUT2D eigenvalue weighted by Gasteiger charge is -2.07. The van der Waals surface area contributed by atoms with Gasteiger partial charge in [0.15, 0.2) is 6.61 Å². The van der Waals surface area contributed by atoms with Crippen LogP contribution in [0, 0.1) is 6.92 Å². The summed E-state index contributed by atoms with van der Waals surface area (Å²) in [5.41, 5.74) is 3.57. The van der Waals surface area contributed by atoms with Gasteiger partial charge in [-0.25, -0.2) is 14.8 Å². The number of esters is 1. The third-order valence-corrected chi connectivity index (χ3v) is 4.37. The number of pyridine rings is 1. The number of aromatic nitrogens is 3. The first-order valence-corrected chi connectivity index (χ1v) is 9.04. The smallest absolute Gasteiger partial charge is 0.338 e. The molecule has 0 fully saturated rings. The number of nitrogens with one attached hydrogen (secondary N) is 2. The number of benzene rings is 2. The molecule has 2 aromatic heterocycles. The molecule has 0 aliphatic rings.